The number of unbranched alkanes of at least 4 members (excludes halogenated alkanes) is 2. The number of imidazole rings is 1. The predicted octanol–water partition coefficient (Wildman–Crippen LogP) is 4.91. The summed E-state index contributed by atoms with van der Waals surface area (Å²) in [6.45, 7) is 2.69. The number of carboxylic acid groups (broad SMARTS) is 1. The smallest absolute Gasteiger partial charge is 0.335 e. The second-order valence-electron chi connectivity index (χ2n) is 9.89. The number of nitrogens with two attached hydrogens (primary N) is 1. The molecule has 1 aromatic carbocycles. The van der Waals surface area contributed by atoms with E-state index in [4.69, 9.17) is 20.4 Å². The first kappa shape index (κ1) is 27.8. The number of pyridine rings is 2. The summed E-state index contributed by atoms with van der Waals surface area (Å²) in [4.78, 5) is 37.3. The minimum atomic E-state index is -1.06. The molecule has 4 heterocycles. The largest absolute Gasteiger partial charge is 0.494 e. The first-order chi connectivity index (χ1) is 19.7. The van der Waals surface area contributed by atoms with Crippen LogP contribution in [0.1, 0.15) is 58.3 Å². The minimum absolute atomic E-state index is 0.0982. The Hall–Kier alpha value is -4.80. The quantitative estimate of drug-likeness (QED) is 0.220. The van der Waals surface area contributed by atoms with Crippen molar-refractivity contribution in [2.75, 3.05) is 7.11 Å². The highest BCUT2D eigenvalue weighted by molar-refractivity contribution is 5.97. The van der Waals surface area contributed by atoms with Crippen LogP contribution in [0.5, 0.6) is 5.75 Å². The fourth-order valence-corrected chi connectivity index (χ4v) is 5.26. The number of aryl methyl sites for hydroxylation is 4. The standard InChI is InChI=1S/C30H31FN6O4/c1-4-19-10-9-17-15-23(29-35-22-14-18(30(39)40)16-24(41-3)26(22)36(29)2)37(28(17)34-19)13-7-5-6-8-21-25(27(32)38)20(31)11-12-33-21/h9-12,14-16H,4-8,13H2,1-3H3,(H2,32,38)(H,39,40). The zero-order chi connectivity index (χ0) is 29.3. The highest BCUT2D eigenvalue weighted by atomic mass is 19.1. The summed E-state index contributed by atoms with van der Waals surface area (Å²) in [7, 11) is 3.38. The van der Waals surface area contributed by atoms with Crippen molar-refractivity contribution in [3.63, 3.8) is 0 Å². The van der Waals surface area contributed by atoms with E-state index >= 15 is 0 Å². The average Bonchev–Trinajstić information content (AvgIpc) is 3.48. The second kappa shape index (κ2) is 11.4. The lowest BCUT2D eigenvalue weighted by Gasteiger charge is -2.12. The van der Waals surface area contributed by atoms with E-state index in [2.05, 4.69) is 16.5 Å². The van der Waals surface area contributed by atoms with Gasteiger partial charge in [0.15, 0.2) is 5.82 Å². The van der Waals surface area contributed by atoms with Gasteiger partial charge in [-0.15, -0.1) is 0 Å². The molecule has 5 rings (SSSR count). The van der Waals surface area contributed by atoms with E-state index in [1.54, 1.807) is 6.07 Å². The van der Waals surface area contributed by atoms with Crippen LogP contribution in [0.25, 0.3) is 33.6 Å². The van der Waals surface area contributed by atoms with Gasteiger partial charge in [0.2, 0.25) is 0 Å². The highest BCUT2D eigenvalue weighted by Gasteiger charge is 2.21. The fourth-order valence-electron chi connectivity index (χ4n) is 5.26. The third-order valence-corrected chi connectivity index (χ3v) is 7.31. The molecule has 5 aromatic rings. The van der Waals surface area contributed by atoms with E-state index in [9.17, 15) is 19.1 Å². The maximum absolute atomic E-state index is 14.1. The number of ether oxygens (including phenoxy) is 1. The molecule has 11 heteroatoms. The Balaban J connectivity index is 1.47. The number of fused-ring (bicyclic) bond motifs is 2. The number of carbonyl (C=O) groups excluding carboxylic acids is 1. The van der Waals surface area contributed by atoms with Gasteiger partial charge in [-0.1, -0.05) is 13.3 Å². The molecule has 0 aliphatic rings. The topological polar surface area (TPSA) is 138 Å². The fraction of sp³-hybridized carbons (Fsp3) is 0.300. The Labute approximate surface area is 235 Å². The van der Waals surface area contributed by atoms with Crippen molar-refractivity contribution < 1.29 is 23.8 Å². The van der Waals surface area contributed by atoms with Crippen molar-refractivity contribution in [1.82, 2.24) is 24.1 Å². The first-order valence-corrected chi connectivity index (χ1v) is 13.4. The van der Waals surface area contributed by atoms with E-state index in [0.29, 0.717) is 47.7 Å². The van der Waals surface area contributed by atoms with Crippen molar-refractivity contribution in [3.8, 4) is 17.3 Å². The van der Waals surface area contributed by atoms with Crippen LogP contribution < -0.4 is 10.5 Å². The zero-order valence-electron chi connectivity index (χ0n) is 23.1. The van der Waals surface area contributed by atoms with Crippen LogP contribution in [0.4, 0.5) is 4.39 Å². The van der Waals surface area contributed by atoms with Crippen LogP contribution in [0.2, 0.25) is 0 Å². The van der Waals surface area contributed by atoms with E-state index in [-0.39, 0.29) is 11.1 Å². The number of aromatic nitrogens is 5. The van der Waals surface area contributed by atoms with Gasteiger partial charge in [0, 0.05) is 30.9 Å². The third kappa shape index (κ3) is 5.22. The van der Waals surface area contributed by atoms with Gasteiger partial charge in [0.25, 0.3) is 5.91 Å². The third-order valence-electron chi connectivity index (χ3n) is 7.31. The average molecular weight is 559 g/mol. The first-order valence-electron chi connectivity index (χ1n) is 13.4. The monoisotopic (exact) mass is 558 g/mol. The Morgan fingerprint density at radius 1 is 1.10 bits per heavy atom. The van der Waals surface area contributed by atoms with Gasteiger partial charge in [-0.2, -0.15) is 0 Å². The number of hydrogen-bond acceptors (Lipinski definition) is 6. The number of carbonyl (C=O) groups is 2. The van der Waals surface area contributed by atoms with Crippen LogP contribution in [0, 0.1) is 5.82 Å². The predicted molar refractivity (Wildman–Crippen MR) is 153 cm³/mol. The molecule has 0 radical (unpaired) electrons. The molecule has 0 atom stereocenters. The van der Waals surface area contributed by atoms with Crippen molar-refractivity contribution in [2.45, 2.75) is 45.6 Å². The molecule has 212 valence electrons. The summed E-state index contributed by atoms with van der Waals surface area (Å²) < 4.78 is 23.7. The van der Waals surface area contributed by atoms with Gasteiger partial charge in [-0.05, 0) is 62.1 Å². The second-order valence-corrected chi connectivity index (χ2v) is 9.89. The summed E-state index contributed by atoms with van der Waals surface area (Å²) >= 11 is 0. The molecule has 0 unspecified atom stereocenters. The number of nitrogens with zero attached hydrogens (tertiary/aromatic N) is 5. The molecule has 1 amide bonds. The van der Waals surface area contributed by atoms with Gasteiger partial charge in [-0.3, -0.25) is 9.78 Å². The molecule has 0 bridgehead atoms. The van der Waals surface area contributed by atoms with Gasteiger partial charge < -0.3 is 24.7 Å². The zero-order valence-corrected chi connectivity index (χ0v) is 23.1. The van der Waals surface area contributed by atoms with E-state index in [0.717, 1.165) is 47.8 Å². The molecule has 0 saturated heterocycles. The summed E-state index contributed by atoms with van der Waals surface area (Å²) in [5, 5.41) is 10.5. The molecule has 0 saturated carbocycles. The number of halogens is 1. The molecule has 0 aliphatic heterocycles. The van der Waals surface area contributed by atoms with Crippen molar-refractivity contribution in [3.05, 3.63) is 70.9 Å². The normalized spacial score (nSPS) is 11.4. The Kier molecular flexibility index (Phi) is 7.69. The maximum Gasteiger partial charge on any atom is 0.335 e. The van der Waals surface area contributed by atoms with Crippen LogP contribution in [0.15, 0.2) is 42.6 Å². The van der Waals surface area contributed by atoms with Crippen LogP contribution in [-0.2, 0) is 26.4 Å². The number of aromatic carboxylic acids is 1. The van der Waals surface area contributed by atoms with Crippen LogP contribution in [-0.4, -0.2) is 48.2 Å². The lowest BCUT2D eigenvalue weighted by atomic mass is 10.1. The SMILES string of the molecule is CCc1ccc2cc(-c3nc4cc(C(=O)O)cc(OC)c4n3C)n(CCCCCc3nccc(F)c3C(N)=O)c2n1. The lowest BCUT2D eigenvalue weighted by molar-refractivity contribution is 0.0696. The van der Waals surface area contributed by atoms with Gasteiger partial charge in [0.05, 0.1) is 35.1 Å². The number of primary amides is 1. The Bertz CT molecular complexity index is 1790. The number of methoxy groups -OCH3 is 1. The van der Waals surface area contributed by atoms with Crippen molar-refractivity contribution >= 4 is 33.9 Å². The van der Waals surface area contributed by atoms with E-state index < -0.39 is 17.7 Å². The number of carboxylic acids is 1. The van der Waals surface area contributed by atoms with Crippen molar-refractivity contribution in [1.29, 1.82) is 0 Å². The molecule has 0 spiro atoms. The molecule has 4 aromatic heterocycles. The molecule has 3 N–H and O–H groups in total. The highest BCUT2D eigenvalue weighted by Crippen LogP contribution is 2.34. The Morgan fingerprint density at radius 2 is 1.90 bits per heavy atom. The number of amides is 1. The van der Waals surface area contributed by atoms with E-state index in [1.807, 2.05) is 29.8 Å². The van der Waals surface area contributed by atoms with Gasteiger partial charge in [0.1, 0.15) is 22.7 Å². The summed E-state index contributed by atoms with van der Waals surface area (Å²) in [6, 6.07) is 10.3. The van der Waals surface area contributed by atoms with Gasteiger partial charge in [-0.25, -0.2) is 19.2 Å². The van der Waals surface area contributed by atoms with Crippen LogP contribution >= 0.6 is 0 Å². The summed E-state index contributed by atoms with van der Waals surface area (Å²) in [5.74, 6) is -1.44. The van der Waals surface area contributed by atoms with Crippen LogP contribution in [0.3, 0.4) is 0 Å². The molecule has 10 nitrogen and oxygen atoms in total. The number of hydrogen-bond donors (Lipinski definition) is 2. The molecule has 41 heavy (non-hydrogen) atoms. The molecule has 0 aliphatic carbocycles. The minimum Gasteiger partial charge on any atom is -0.494 e. The maximum atomic E-state index is 14.1. The Morgan fingerprint density at radius 3 is 2.61 bits per heavy atom. The van der Waals surface area contributed by atoms with Crippen molar-refractivity contribution in [2.24, 2.45) is 12.8 Å². The lowest BCUT2D eigenvalue weighted by Crippen LogP contribution is -2.17. The number of rotatable bonds is 11. The summed E-state index contributed by atoms with van der Waals surface area (Å²) in [6.07, 6.45) is 4.84. The van der Waals surface area contributed by atoms with E-state index in [1.165, 1.54) is 19.4 Å². The number of benzene rings is 1. The summed E-state index contributed by atoms with van der Waals surface area (Å²) in [5.41, 5.74) is 9.56. The molecular weight excluding hydrogens is 527 g/mol. The molecule has 0 fully saturated rings. The molecular formula is C30H31FN6O4. The van der Waals surface area contributed by atoms with Gasteiger partial charge >= 0.3 is 5.97 Å².